The lowest BCUT2D eigenvalue weighted by molar-refractivity contribution is 0.156. The van der Waals surface area contributed by atoms with Crippen molar-refractivity contribution in [2.45, 2.75) is 46.0 Å². The molecular formula is C10H19NO. The Morgan fingerprint density at radius 2 is 2.00 bits per heavy atom. The molecule has 0 heterocycles. The van der Waals surface area contributed by atoms with Crippen molar-refractivity contribution >= 4 is 5.71 Å². The molecule has 0 unspecified atom stereocenters. The Labute approximate surface area is 75.0 Å². The van der Waals surface area contributed by atoms with Gasteiger partial charge in [0.25, 0.3) is 0 Å². The monoisotopic (exact) mass is 169 g/mol. The summed E-state index contributed by atoms with van der Waals surface area (Å²) in [6.07, 6.45) is 6.24. The third-order valence-electron chi connectivity index (χ3n) is 2.58. The summed E-state index contributed by atoms with van der Waals surface area (Å²) in [4.78, 5) is 5.03. The van der Waals surface area contributed by atoms with Crippen LogP contribution in [0.1, 0.15) is 46.0 Å². The average molecular weight is 169 g/mol. The van der Waals surface area contributed by atoms with Gasteiger partial charge in [0, 0.05) is 0 Å². The molecule has 1 saturated carbocycles. The maximum atomic E-state index is 5.03. The number of oxime groups is 1. The van der Waals surface area contributed by atoms with Crippen LogP contribution in [-0.2, 0) is 4.84 Å². The molecule has 0 aromatic rings. The van der Waals surface area contributed by atoms with E-state index in [9.17, 15) is 0 Å². The van der Waals surface area contributed by atoms with E-state index in [0.29, 0.717) is 6.61 Å². The molecule has 1 aliphatic carbocycles. The second kappa shape index (κ2) is 5.18. The van der Waals surface area contributed by atoms with Crippen molar-refractivity contribution in [3.63, 3.8) is 0 Å². The molecule has 0 spiro atoms. The highest BCUT2D eigenvalue weighted by atomic mass is 16.6. The summed E-state index contributed by atoms with van der Waals surface area (Å²) in [6, 6.07) is 0. The zero-order valence-corrected chi connectivity index (χ0v) is 8.18. The van der Waals surface area contributed by atoms with E-state index < -0.39 is 0 Å². The van der Waals surface area contributed by atoms with Crippen molar-refractivity contribution in [1.29, 1.82) is 0 Å². The van der Waals surface area contributed by atoms with Crippen molar-refractivity contribution in [3.05, 3.63) is 0 Å². The molecule has 1 aliphatic rings. The minimum atomic E-state index is 0.695. The van der Waals surface area contributed by atoms with Crippen LogP contribution >= 0.6 is 0 Å². The predicted octanol–water partition coefficient (Wildman–Crippen LogP) is 2.98. The normalized spacial score (nSPS) is 23.8. The molecule has 0 N–H and O–H groups in total. The van der Waals surface area contributed by atoms with E-state index in [2.05, 4.69) is 12.1 Å². The van der Waals surface area contributed by atoms with Gasteiger partial charge in [-0.1, -0.05) is 18.5 Å². The first kappa shape index (κ1) is 9.56. The van der Waals surface area contributed by atoms with Crippen molar-refractivity contribution in [1.82, 2.24) is 0 Å². The fourth-order valence-corrected chi connectivity index (χ4v) is 1.67. The largest absolute Gasteiger partial charge is 0.396 e. The van der Waals surface area contributed by atoms with E-state index in [1.54, 1.807) is 0 Å². The lowest BCUT2D eigenvalue weighted by Crippen LogP contribution is -2.13. The summed E-state index contributed by atoms with van der Waals surface area (Å²) in [6.45, 7) is 4.94. The molecule has 0 aromatic carbocycles. The standard InChI is InChI=1S/C10H19NO/c1-3-9-5-7-10(8-6-9)11-12-4-2/h9H,3-8H2,1-2H3. The minimum Gasteiger partial charge on any atom is -0.396 e. The maximum Gasteiger partial charge on any atom is 0.114 e. The molecule has 1 rings (SSSR count). The third-order valence-corrected chi connectivity index (χ3v) is 2.58. The summed E-state index contributed by atoms with van der Waals surface area (Å²) in [7, 11) is 0. The van der Waals surface area contributed by atoms with Crippen molar-refractivity contribution < 1.29 is 4.84 Å². The Morgan fingerprint density at radius 1 is 1.33 bits per heavy atom. The predicted molar refractivity (Wildman–Crippen MR) is 51.3 cm³/mol. The van der Waals surface area contributed by atoms with Gasteiger partial charge in [0.2, 0.25) is 0 Å². The second-order valence-corrected chi connectivity index (χ2v) is 3.43. The zero-order chi connectivity index (χ0) is 8.81. The second-order valence-electron chi connectivity index (χ2n) is 3.43. The topological polar surface area (TPSA) is 21.6 Å². The van der Waals surface area contributed by atoms with Crippen LogP contribution in [0.15, 0.2) is 5.16 Å². The van der Waals surface area contributed by atoms with Crippen LogP contribution in [0.4, 0.5) is 0 Å². The third kappa shape index (κ3) is 2.84. The van der Waals surface area contributed by atoms with E-state index in [-0.39, 0.29) is 0 Å². The molecule has 0 saturated heterocycles. The first-order valence-electron chi connectivity index (χ1n) is 5.04. The Hall–Kier alpha value is -0.530. The van der Waals surface area contributed by atoms with Crippen LogP contribution < -0.4 is 0 Å². The van der Waals surface area contributed by atoms with Gasteiger partial charge in [-0.25, -0.2) is 0 Å². The van der Waals surface area contributed by atoms with Gasteiger partial charge in [-0.15, -0.1) is 0 Å². The summed E-state index contributed by atoms with van der Waals surface area (Å²) in [5.41, 5.74) is 1.27. The highest BCUT2D eigenvalue weighted by Gasteiger charge is 2.15. The van der Waals surface area contributed by atoms with Gasteiger partial charge in [-0.3, -0.25) is 0 Å². The first-order valence-corrected chi connectivity index (χ1v) is 5.04. The van der Waals surface area contributed by atoms with E-state index in [4.69, 9.17) is 4.84 Å². The van der Waals surface area contributed by atoms with Crippen LogP contribution in [0.5, 0.6) is 0 Å². The average Bonchev–Trinajstić information content (AvgIpc) is 2.15. The van der Waals surface area contributed by atoms with Crippen LogP contribution in [-0.4, -0.2) is 12.3 Å². The lowest BCUT2D eigenvalue weighted by Gasteiger charge is -2.20. The molecular weight excluding hydrogens is 150 g/mol. The van der Waals surface area contributed by atoms with Gasteiger partial charge in [-0.05, 0) is 38.5 Å². The van der Waals surface area contributed by atoms with Gasteiger partial charge in [0.05, 0.1) is 5.71 Å². The van der Waals surface area contributed by atoms with Gasteiger partial charge in [0.1, 0.15) is 6.61 Å². The number of hydrogen-bond donors (Lipinski definition) is 0. The molecule has 2 nitrogen and oxygen atoms in total. The van der Waals surface area contributed by atoms with Gasteiger partial charge < -0.3 is 4.84 Å². The number of rotatable bonds is 3. The smallest absolute Gasteiger partial charge is 0.114 e. The van der Waals surface area contributed by atoms with E-state index in [1.807, 2.05) is 6.92 Å². The Kier molecular flexibility index (Phi) is 4.12. The van der Waals surface area contributed by atoms with Gasteiger partial charge in [0.15, 0.2) is 0 Å². The zero-order valence-electron chi connectivity index (χ0n) is 8.18. The van der Waals surface area contributed by atoms with E-state index >= 15 is 0 Å². The first-order chi connectivity index (χ1) is 5.86. The molecule has 70 valence electrons. The molecule has 0 amide bonds. The van der Waals surface area contributed by atoms with Gasteiger partial charge >= 0.3 is 0 Å². The molecule has 0 aromatic heterocycles. The van der Waals surface area contributed by atoms with Crippen molar-refractivity contribution in [2.75, 3.05) is 6.61 Å². The molecule has 0 bridgehead atoms. The van der Waals surface area contributed by atoms with Crippen LogP contribution in [0.25, 0.3) is 0 Å². The SMILES string of the molecule is CCON=C1CCC(CC)CC1. The fraction of sp³-hybridized carbons (Fsp3) is 0.900. The Balaban J connectivity index is 2.25. The fourth-order valence-electron chi connectivity index (χ4n) is 1.67. The van der Waals surface area contributed by atoms with Crippen molar-refractivity contribution in [2.24, 2.45) is 11.1 Å². The van der Waals surface area contributed by atoms with E-state index in [1.165, 1.54) is 25.0 Å². The molecule has 0 radical (unpaired) electrons. The Bertz CT molecular complexity index is 144. The number of hydrogen-bond acceptors (Lipinski definition) is 2. The van der Waals surface area contributed by atoms with Gasteiger partial charge in [-0.2, -0.15) is 0 Å². The van der Waals surface area contributed by atoms with Crippen LogP contribution in [0, 0.1) is 5.92 Å². The van der Waals surface area contributed by atoms with Crippen molar-refractivity contribution in [3.8, 4) is 0 Å². The van der Waals surface area contributed by atoms with Crippen LogP contribution in [0.2, 0.25) is 0 Å². The maximum absolute atomic E-state index is 5.03. The number of nitrogens with zero attached hydrogens (tertiary/aromatic N) is 1. The minimum absolute atomic E-state index is 0.695. The molecule has 0 aliphatic heterocycles. The molecule has 2 heteroatoms. The summed E-state index contributed by atoms with van der Waals surface area (Å²) < 4.78 is 0. The summed E-state index contributed by atoms with van der Waals surface area (Å²) in [5.74, 6) is 0.936. The Morgan fingerprint density at radius 3 is 2.50 bits per heavy atom. The molecule has 12 heavy (non-hydrogen) atoms. The molecule has 0 atom stereocenters. The summed E-state index contributed by atoms with van der Waals surface area (Å²) >= 11 is 0. The van der Waals surface area contributed by atoms with Crippen LogP contribution in [0.3, 0.4) is 0 Å². The highest BCUT2D eigenvalue weighted by molar-refractivity contribution is 5.84. The quantitative estimate of drug-likeness (QED) is 0.595. The summed E-state index contributed by atoms with van der Waals surface area (Å²) in [5, 5.41) is 4.09. The molecule has 1 fully saturated rings. The lowest BCUT2D eigenvalue weighted by atomic mass is 9.86. The van der Waals surface area contributed by atoms with E-state index in [0.717, 1.165) is 18.8 Å². The highest BCUT2D eigenvalue weighted by Crippen LogP contribution is 2.24.